The molecule has 15 heteroatoms. The summed E-state index contributed by atoms with van der Waals surface area (Å²) in [4.78, 5) is 22.8. The first kappa shape index (κ1) is 21.5. The lowest BCUT2D eigenvalue weighted by Gasteiger charge is -2.18. The summed E-state index contributed by atoms with van der Waals surface area (Å²) in [5.41, 5.74) is 6.60. The maximum atomic E-state index is 12.3. The SMILES string of the molecule is Cc1ncc(Cn2cc(CCN(OC(=O)C(F)(F)F)S(C)(=O)=O)nn2)c(N)n1. The Labute approximate surface area is 157 Å². The van der Waals surface area contributed by atoms with E-state index >= 15 is 0 Å². The standard InChI is InChI=1S/C13H16F3N7O4S/c1-8-18-5-9(11(17)19-8)6-22-7-10(20-21-22)3-4-23(28(2,25)26)27-12(24)13(14,15)16/h5,7H,3-4,6H2,1-2H3,(H2,17,18,19). The van der Waals surface area contributed by atoms with Crippen LogP contribution in [0.1, 0.15) is 17.1 Å². The van der Waals surface area contributed by atoms with Crippen LogP contribution >= 0.6 is 0 Å². The summed E-state index contributed by atoms with van der Waals surface area (Å²) in [7, 11) is -4.24. The molecule has 0 aliphatic rings. The minimum atomic E-state index is -5.33. The number of hydrogen-bond donors (Lipinski definition) is 1. The fraction of sp³-hybridized carbons (Fsp3) is 0.462. The number of nitrogens with zero attached hydrogens (tertiary/aromatic N) is 6. The van der Waals surface area contributed by atoms with E-state index in [9.17, 15) is 26.4 Å². The maximum Gasteiger partial charge on any atom is 0.492 e. The summed E-state index contributed by atoms with van der Waals surface area (Å²) in [5, 5.41) is 7.60. The normalized spacial score (nSPS) is 12.4. The van der Waals surface area contributed by atoms with E-state index in [0.29, 0.717) is 17.6 Å². The number of hydrogen-bond acceptors (Lipinski definition) is 9. The molecule has 0 amide bonds. The first-order valence-electron chi connectivity index (χ1n) is 7.60. The number of anilines is 1. The second-order valence-electron chi connectivity index (χ2n) is 5.65. The fourth-order valence-corrected chi connectivity index (χ4v) is 2.59. The molecule has 0 saturated carbocycles. The third kappa shape index (κ3) is 5.85. The smallest absolute Gasteiger partial charge is 0.383 e. The summed E-state index contributed by atoms with van der Waals surface area (Å²) < 4.78 is 61.3. The van der Waals surface area contributed by atoms with Crippen LogP contribution in [0.25, 0.3) is 0 Å². The summed E-state index contributed by atoms with van der Waals surface area (Å²) in [6.45, 7) is 1.28. The lowest BCUT2D eigenvalue weighted by atomic mass is 10.3. The third-order valence-corrected chi connectivity index (χ3v) is 4.27. The number of nitrogen functional groups attached to an aromatic ring is 1. The van der Waals surface area contributed by atoms with Gasteiger partial charge in [-0.1, -0.05) is 5.21 Å². The Bertz CT molecular complexity index is 961. The second kappa shape index (κ2) is 8.05. The van der Waals surface area contributed by atoms with Gasteiger partial charge in [-0.15, -0.1) is 5.10 Å². The summed E-state index contributed by atoms with van der Waals surface area (Å²) in [5.74, 6) is -1.89. The molecule has 0 atom stereocenters. The van der Waals surface area contributed by atoms with E-state index in [-0.39, 0.29) is 28.9 Å². The van der Waals surface area contributed by atoms with Gasteiger partial charge < -0.3 is 10.6 Å². The highest BCUT2D eigenvalue weighted by molar-refractivity contribution is 7.88. The number of hydroxylamine groups is 1. The van der Waals surface area contributed by atoms with E-state index in [1.54, 1.807) is 6.92 Å². The van der Waals surface area contributed by atoms with Gasteiger partial charge in [0.2, 0.25) is 10.0 Å². The van der Waals surface area contributed by atoms with Crippen LogP contribution in [-0.2, 0) is 32.6 Å². The second-order valence-corrected chi connectivity index (χ2v) is 7.52. The predicted octanol–water partition coefficient (Wildman–Crippen LogP) is -0.168. The summed E-state index contributed by atoms with van der Waals surface area (Å²) in [6.07, 6.45) is -1.93. The third-order valence-electron chi connectivity index (χ3n) is 3.27. The maximum absolute atomic E-state index is 12.3. The zero-order valence-corrected chi connectivity index (χ0v) is 15.5. The van der Waals surface area contributed by atoms with Crippen LogP contribution in [0.4, 0.5) is 19.0 Å². The Morgan fingerprint density at radius 2 is 2.07 bits per heavy atom. The molecular formula is C13H16F3N7O4S. The zero-order valence-electron chi connectivity index (χ0n) is 14.7. The van der Waals surface area contributed by atoms with Gasteiger partial charge in [-0.25, -0.2) is 27.9 Å². The molecule has 0 fully saturated rings. The molecule has 11 nitrogen and oxygen atoms in total. The van der Waals surface area contributed by atoms with Crippen molar-refractivity contribution in [3.63, 3.8) is 0 Å². The first-order chi connectivity index (χ1) is 12.9. The Morgan fingerprint density at radius 3 is 2.64 bits per heavy atom. The molecular weight excluding hydrogens is 407 g/mol. The topological polar surface area (TPSA) is 146 Å². The lowest BCUT2D eigenvalue weighted by Crippen LogP contribution is -2.39. The summed E-state index contributed by atoms with van der Waals surface area (Å²) >= 11 is 0. The van der Waals surface area contributed by atoms with E-state index in [1.165, 1.54) is 17.1 Å². The van der Waals surface area contributed by atoms with Crippen molar-refractivity contribution in [1.82, 2.24) is 29.4 Å². The quantitative estimate of drug-likeness (QED) is 0.600. The predicted molar refractivity (Wildman–Crippen MR) is 87.7 cm³/mol. The van der Waals surface area contributed by atoms with Crippen LogP contribution in [0.5, 0.6) is 0 Å². The van der Waals surface area contributed by atoms with E-state index in [1.807, 2.05) is 0 Å². The number of aryl methyl sites for hydroxylation is 1. The van der Waals surface area contributed by atoms with Crippen LogP contribution in [0.2, 0.25) is 0 Å². The zero-order chi connectivity index (χ0) is 21.1. The van der Waals surface area contributed by atoms with E-state index in [4.69, 9.17) is 5.73 Å². The molecule has 2 rings (SSSR count). The highest BCUT2D eigenvalue weighted by atomic mass is 32.2. The van der Waals surface area contributed by atoms with Gasteiger partial charge in [0.25, 0.3) is 0 Å². The van der Waals surface area contributed by atoms with Gasteiger partial charge in [0.05, 0.1) is 25.0 Å². The molecule has 0 radical (unpaired) electrons. The minimum Gasteiger partial charge on any atom is -0.383 e. The molecule has 0 saturated heterocycles. The number of alkyl halides is 3. The molecule has 2 N–H and O–H groups in total. The van der Waals surface area contributed by atoms with Crippen LogP contribution in [-0.4, -0.2) is 62.8 Å². The Balaban J connectivity index is 2.03. The average molecular weight is 423 g/mol. The minimum absolute atomic E-state index is 0.0480. The molecule has 0 aromatic carbocycles. The number of halogens is 3. The lowest BCUT2D eigenvalue weighted by molar-refractivity contribution is -0.222. The van der Waals surface area contributed by atoms with Gasteiger partial charge in [0, 0.05) is 24.4 Å². The average Bonchev–Trinajstić information content (AvgIpc) is 2.99. The number of carbonyl (C=O) groups excluding carboxylic acids is 1. The van der Waals surface area contributed by atoms with Crippen molar-refractivity contribution in [2.75, 3.05) is 18.5 Å². The molecule has 2 aromatic heterocycles. The molecule has 0 aliphatic carbocycles. The van der Waals surface area contributed by atoms with Crippen molar-refractivity contribution < 1.29 is 31.2 Å². The van der Waals surface area contributed by atoms with Gasteiger partial charge in [0.1, 0.15) is 11.6 Å². The highest BCUT2D eigenvalue weighted by Crippen LogP contribution is 2.18. The molecule has 28 heavy (non-hydrogen) atoms. The van der Waals surface area contributed by atoms with Crippen molar-refractivity contribution in [1.29, 1.82) is 0 Å². The molecule has 2 aromatic rings. The Hall–Kier alpha value is -2.81. The number of carbonyl (C=O) groups is 1. The van der Waals surface area contributed by atoms with Crippen LogP contribution < -0.4 is 5.73 Å². The number of rotatable bonds is 7. The molecule has 0 spiro atoms. The van der Waals surface area contributed by atoms with Crippen molar-refractivity contribution in [2.24, 2.45) is 0 Å². The van der Waals surface area contributed by atoms with E-state index in [0.717, 1.165) is 0 Å². The highest BCUT2D eigenvalue weighted by Gasteiger charge is 2.43. The number of sulfonamides is 1. The van der Waals surface area contributed by atoms with Gasteiger partial charge in [-0.3, -0.25) is 0 Å². The Morgan fingerprint density at radius 1 is 1.39 bits per heavy atom. The molecule has 154 valence electrons. The van der Waals surface area contributed by atoms with Crippen molar-refractivity contribution in [2.45, 2.75) is 26.1 Å². The first-order valence-corrected chi connectivity index (χ1v) is 9.45. The van der Waals surface area contributed by atoms with Crippen LogP contribution in [0, 0.1) is 6.92 Å². The molecule has 2 heterocycles. The molecule has 0 aliphatic heterocycles. The molecule has 0 bridgehead atoms. The largest absolute Gasteiger partial charge is 0.492 e. The van der Waals surface area contributed by atoms with Gasteiger partial charge in [-0.2, -0.15) is 13.2 Å². The Kier molecular flexibility index (Phi) is 6.18. The fourth-order valence-electron chi connectivity index (χ4n) is 1.97. The van der Waals surface area contributed by atoms with Crippen molar-refractivity contribution >= 4 is 21.8 Å². The van der Waals surface area contributed by atoms with Crippen molar-refractivity contribution in [3.05, 3.63) is 29.5 Å². The molecule has 0 unspecified atom stereocenters. The monoisotopic (exact) mass is 423 g/mol. The van der Waals surface area contributed by atoms with E-state index in [2.05, 4.69) is 25.1 Å². The number of aromatic nitrogens is 5. The van der Waals surface area contributed by atoms with E-state index < -0.39 is 28.7 Å². The summed E-state index contributed by atoms with van der Waals surface area (Å²) in [6, 6.07) is 0. The van der Waals surface area contributed by atoms with Crippen molar-refractivity contribution in [3.8, 4) is 0 Å². The van der Waals surface area contributed by atoms with Gasteiger partial charge in [0.15, 0.2) is 0 Å². The van der Waals surface area contributed by atoms with Crippen LogP contribution in [0.3, 0.4) is 0 Å². The number of nitrogens with two attached hydrogens (primary N) is 1. The van der Waals surface area contributed by atoms with Crippen LogP contribution in [0.15, 0.2) is 12.4 Å². The van der Waals surface area contributed by atoms with Gasteiger partial charge >= 0.3 is 12.1 Å². The van der Waals surface area contributed by atoms with Gasteiger partial charge in [-0.05, 0) is 11.4 Å².